The van der Waals surface area contributed by atoms with Crippen LogP contribution in [-0.4, -0.2) is 9.59 Å². The summed E-state index contributed by atoms with van der Waals surface area (Å²) in [5.41, 5.74) is 4.88. The molecule has 4 heteroatoms. The molecule has 0 fully saturated rings. The molecule has 1 heterocycles. The number of aromatic nitrogens is 2. The minimum Gasteiger partial charge on any atom is -0.379 e. The van der Waals surface area contributed by atoms with Gasteiger partial charge in [0.05, 0.1) is 12.2 Å². The molecule has 0 bridgehead atoms. The van der Waals surface area contributed by atoms with Crippen molar-refractivity contribution in [3.8, 4) is 0 Å². The van der Waals surface area contributed by atoms with E-state index in [-0.39, 0.29) is 0 Å². The highest BCUT2D eigenvalue weighted by molar-refractivity contribution is 7.03. The lowest BCUT2D eigenvalue weighted by atomic mass is 10.1. The molecule has 2 aromatic rings. The Balaban J connectivity index is 2.04. The lowest BCUT2D eigenvalue weighted by molar-refractivity contribution is 0.996. The van der Waals surface area contributed by atoms with Gasteiger partial charge in [-0.25, -0.2) is 0 Å². The average molecular weight is 233 g/mol. The van der Waals surface area contributed by atoms with Gasteiger partial charge in [0.1, 0.15) is 0 Å². The number of aryl methyl sites for hydroxylation is 2. The lowest BCUT2D eigenvalue weighted by Gasteiger charge is -2.08. The first kappa shape index (κ1) is 11.1. The van der Waals surface area contributed by atoms with Gasteiger partial charge < -0.3 is 5.32 Å². The van der Waals surface area contributed by atoms with E-state index >= 15 is 0 Å². The molecule has 2 rings (SSSR count). The molecule has 0 aliphatic heterocycles. The van der Waals surface area contributed by atoms with Crippen molar-refractivity contribution in [3.63, 3.8) is 0 Å². The van der Waals surface area contributed by atoms with E-state index in [1.54, 1.807) is 0 Å². The SMILES string of the molecule is CCc1cc(NCc2csnn2)ccc1C. The first-order chi connectivity index (χ1) is 7.79. The van der Waals surface area contributed by atoms with Crippen molar-refractivity contribution < 1.29 is 0 Å². The van der Waals surface area contributed by atoms with E-state index in [2.05, 4.69) is 47.0 Å². The summed E-state index contributed by atoms with van der Waals surface area (Å²) in [6.07, 6.45) is 1.07. The Kier molecular flexibility index (Phi) is 3.51. The standard InChI is InChI=1S/C12H15N3S/c1-3-10-6-11(5-4-9(10)2)13-7-12-8-16-15-14-12/h4-6,8,13H,3,7H2,1-2H3. The maximum atomic E-state index is 4.00. The van der Waals surface area contributed by atoms with Gasteiger partial charge in [-0.2, -0.15) is 0 Å². The van der Waals surface area contributed by atoms with E-state index in [1.165, 1.54) is 22.7 Å². The van der Waals surface area contributed by atoms with Crippen LogP contribution < -0.4 is 5.32 Å². The fourth-order valence-electron chi connectivity index (χ4n) is 1.62. The molecule has 0 aliphatic carbocycles. The first-order valence-electron chi connectivity index (χ1n) is 5.39. The van der Waals surface area contributed by atoms with E-state index in [0.29, 0.717) is 0 Å². The Morgan fingerprint density at radius 1 is 1.38 bits per heavy atom. The smallest absolute Gasteiger partial charge is 0.0946 e. The fraction of sp³-hybridized carbons (Fsp3) is 0.333. The van der Waals surface area contributed by atoms with Gasteiger partial charge in [0.2, 0.25) is 0 Å². The average Bonchev–Trinajstić information content (AvgIpc) is 2.81. The van der Waals surface area contributed by atoms with Crippen LogP contribution in [0, 0.1) is 6.92 Å². The summed E-state index contributed by atoms with van der Waals surface area (Å²) in [6, 6.07) is 6.46. The quantitative estimate of drug-likeness (QED) is 0.882. The first-order valence-corrected chi connectivity index (χ1v) is 6.22. The zero-order valence-corrected chi connectivity index (χ0v) is 10.3. The van der Waals surface area contributed by atoms with Crippen molar-refractivity contribution in [1.82, 2.24) is 9.59 Å². The molecule has 0 radical (unpaired) electrons. The molecule has 0 amide bonds. The molecule has 0 saturated carbocycles. The van der Waals surface area contributed by atoms with Gasteiger partial charge in [0.15, 0.2) is 0 Å². The second kappa shape index (κ2) is 5.07. The fourth-order valence-corrected chi connectivity index (χ4v) is 2.07. The Labute approximate surface area is 99.7 Å². The Morgan fingerprint density at radius 3 is 2.94 bits per heavy atom. The molecule has 16 heavy (non-hydrogen) atoms. The summed E-state index contributed by atoms with van der Waals surface area (Å²) in [4.78, 5) is 0. The third kappa shape index (κ3) is 2.58. The van der Waals surface area contributed by atoms with Crippen LogP contribution in [0.4, 0.5) is 5.69 Å². The molecule has 3 nitrogen and oxygen atoms in total. The summed E-state index contributed by atoms with van der Waals surface area (Å²) in [6.45, 7) is 5.06. The number of nitrogens with zero attached hydrogens (tertiary/aromatic N) is 2. The van der Waals surface area contributed by atoms with Gasteiger partial charge in [0, 0.05) is 11.1 Å². The number of benzene rings is 1. The van der Waals surface area contributed by atoms with Gasteiger partial charge in [0.25, 0.3) is 0 Å². The highest BCUT2D eigenvalue weighted by atomic mass is 32.1. The van der Waals surface area contributed by atoms with Crippen LogP contribution in [0.3, 0.4) is 0 Å². The molecule has 0 atom stereocenters. The molecule has 1 aromatic heterocycles. The zero-order valence-electron chi connectivity index (χ0n) is 9.53. The van der Waals surface area contributed by atoms with Crippen molar-refractivity contribution in [2.24, 2.45) is 0 Å². The van der Waals surface area contributed by atoms with Crippen LogP contribution in [0.5, 0.6) is 0 Å². The number of hydrogen-bond acceptors (Lipinski definition) is 4. The summed E-state index contributed by atoms with van der Waals surface area (Å²) in [5.74, 6) is 0. The summed E-state index contributed by atoms with van der Waals surface area (Å²) in [7, 11) is 0. The van der Waals surface area contributed by atoms with Crippen molar-refractivity contribution in [2.45, 2.75) is 26.8 Å². The van der Waals surface area contributed by atoms with E-state index in [1.807, 2.05) is 5.38 Å². The molecule has 1 aromatic carbocycles. The van der Waals surface area contributed by atoms with E-state index < -0.39 is 0 Å². The van der Waals surface area contributed by atoms with E-state index in [0.717, 1.165) is 24.3 Å². The topological polar surface area (TPSA) is 37.8 Å². The Morgan fingerprint density at radius 2 is 2.25 bits per heavy atom. The number of nitrogens with one attached hydrogen (secondary N) is 1. The molecule has 0 unspecified atom stereocenters. The number of rotatable bonds is 4. The molecule has 84 valence electrons. The molecular weight excluding hydrogens is 218 g/mol. The van der Waals surface area contributed by atoms with Crippen LogP contribution >= 0.6 is 11.5 Å². The predicted molar refractivity (Wildman–Crippen MR) is 67.8 cm³/mol. The van der Waals surface area contributed by atoms with Crippen LogP contribution in [0.1, 0.15) is 23.7 Å². The number of anilines is 1. The Hall–Kier alpha value is -1.42. The van der Waals surface area contributed by atoms with Crippen LogP contribution in [0.2, 0.25) is 0 Å². The van der Waals surface area contributed by atoms with Crippen molar-refractivity contribution in [2.75, 3.05) is 5.32 Å². The second-order valence-corrected chi connectivity index (χ2v) is 4.35. The minimum absolute atomic E-state index is 0.739. The van der Waals surface area contributed by atoms with Gasteiger partial charge in [-0.1, -0.05) is 17.5 Å². The van der Waals surface area contributed by atoms with Gasteiger partial charge in [-0.3, -0.25) is 0 Å². The maximum Gasteiger partial charge on any atom is 0.0946 e. The predicted octanol–water partition coefficient (Wildman–Crippen LogP) is 3.02. The molecule has 0 saturated heterocycles. The van der Waals surface area contributed by atoms with Crippen molar-refractivity contribution in [1.29, 1.82) is 0 Å². The van der Waals surface area contributed by atoms with Crippen LogP contribution in [0.15, 0.2) is 23.6 Å². The molecule has 0 aliphatic rings. The van der Waals surface area contributed by atoms with Gasteiger partial charge in [-0.15, -0.1) is 5.10 Å². The van der Waals surface area contributed by atoms with Gasteiger partial charge >= 0.3 is 0 Å². The maximum absolute atomic E-state index is 4.00. The largest absolute Gasteiger partial charge is 0.379 e. The molecular formula is C12H15N3S. The Bertz CT molecular complexity index is 451. The van der Waals surface area contributed by atoms with Crippen molar-refractivity contribution >= 4 is 17.2 Å². The minimum atomic E-state index is 0.739. The molecule has 1 N–H and O–H groups in total. The van der Waals surface area contributed by atoms with E-state index in [9.17, 15) is 0 Å². The summed E-state index contributed by atoms with van der Waals surface area (Å²) in [5, 5.41) is 9.31. The normalized spacial score (nSPS) is 10.4. The summed E-state index contributed by atoms with van der Waals surface area (Å²) < 4.78 is 3.83. The van der Waals surface area contributed by atoms with Gasteiger partial charge in [-0.05, 0) is 48.1 Å². The highest BCUT2D eigenvalue weighted by Crippen LogP contribution is 2.16. The molecule has 0 spiro atoms. The van der Waals surface area contributed by atoms with Crippen LogP contribution in [-0.2, 0) is 13.0 Å². The second-order valence-electron chi connectivity index (χ2n) is 3.74. The van der Waals surface area contributed by atoms with Crippen LogP contribution in [0.25, 0.3) is 0 Å². The highest BCUT2D eigenvalue weighted by Gasteiger charge is 2.00. The monoisotopic (exact) mass is 233 g/mol. The summed E-state index contributed by atoms with van der Waals surface area (Å²) >= 11 is 1.38. The zero-order chi connectivity index (χ0) is 11.4. The third-order valence-corrected chi connectivity index (χ3v) is 3.16. The van der Waals surface area contributed by atoms with Crippen molar-refractivity contribution in [3.05, 3.63) is 40.4 Å². The number of hydrogen-bond donors (Lipinski definition) is 1. The third-order valence-electron chi connectivity index (χ3n) is 2.61. The van der Waals surface area contributed by atoms with E-state index in [4.69, 9.17) is 0 Å². The lowest BCUT2D eigenvalue weighted by Crippen LogP contribution is -2.00.